The number of nitrogens with zero attached hydrogens (tertiary/aromatic N) is 2. The second kappa shape index (κ2) is 2.50. The number of aromatic nitrogens is 2. The Morgan fingerprint density at radius 1 is 1.08 bits per heavy atom. The molecule has 3 rings (SSSR count). The predicted octanol–water partition coefficient (Wildman–Crippen LogP) is 2.84. The molecule has 13 heavy (non-hydrogen) atoms. The van der Waals surface area contributed by atoms with E-state index in [2.05, 4.69) is 20.7 Å². The van der Waals surface area contributed by atoms with E-state index in [1.807, 2.05) is 18.5 Å². The Hall–Kier alpha value is -1.48. The highest BCUT2D eigenvalue weighted by molar-refractivity contribution is 7.09. The molecule has 0 unspecified atom stereocenters. The zero-order valence-corrected chi connectivity index (χ0v) is 7.58. The first-order chi connectivity index (χ1) is 6.45. The third-order valence-corrected chi connectivity index (χ3v) is 2.86. The van der Waals surface area contributed by atoms with Gasteiger partial charge in [0.15, 0.2) is 0 Å². The maximum Gasteiger partial charge on any atom is 0.0815 e. The van der Waals surface area contributed by atoms with Gasteiger partial charge in [0.25, 0.3) is 0 Å². The SMILES string of the molecule is c1cc2cnc3cscc3c2cn1. The van der Waals surface area contributed by atoms with Gasteiger partial charge in [-0.1, -0.05) is 0 Å². The summed E-state index contributed by atoms with van der Waals surface area (Å²) in [6.07, 6.45) is 5.58. The van der Waals surface area contributed by atoms with Gasteiger partial charge in [0.1, 0.15) is 0 Å². The van der Waals surface area contributed by atoms with Crippen LogP contribution >= 0.6 is 11.3 Å². The molecular weight excluding hydrogens is 180 g/mol. The predicted molar refractivity (Wildman–Crippen MR) is 54.9 cm³/mol. The smallest absolute Gasteiger partial charge is 0.0815 e. The summed E-state index contributed by atoms with van der Waals surface area (Å²) in [4.78, 5) is 8.47. The lowest BCUT2D eigenvalue weighted by atomic mass is 10.2. The van der Waals surface area contributed by atoms with Crippen molar-refractivity contribution in [3.63, 3.8) is 0 Å². The third-order valence-electron chi connectivity index (χ3n) is 2.13. The van der Waals surface area contributed by atoms with Crippen molar-refractivity contribution >= 4 is 33.0 Å². The van der Waals surface area contributed by atoms with Gasteiger partial charge in [-0.2, -0.15) is 0 Å². The summed E-state index contributed by atoms with van der Waals surface area (Å²) in [6.45, 7) is 0. The largest absolute Gasteiger partial charge is 0.264 e. The monoisotopic (exact) mass is 186 g/mol. The van der Waals surface area contributed by atoms with Crippen molar-refractivity contribution in [3.05, 3.63) is 35.4 Å². The summed E-state index contributed by atoms with van der Waals surface area (Å²) in [5, 5.41) is 7.72. The molecule has 3 heteroatoms. The maximum absolute atomic E-state index is 4.35. The van der Waals surface area contributed by atoms with Crippen LogP contribution < -0.4 is 0 Å². The highest BCUT2D eigenvalue weighted by Crippen LogP contribution is 2.24. The van der Waals surface area contributed by atoms with Crippen LogP contribution in [0.5, 0.6) is 0 Å². The minimum Gasteiger partial charge on any atom is -0.264 e. The summed E-state index contributed by atoms with van der Waals surface area (Å²) in [5.41, 5.74) is 1.06. The van der Waals surface area contributed by atoms with Gasteiger partial charge in [-0.05, 0) is 6.07 Å². The summed E-state index contributed by atoms with van der Waals surface area (Å²) in [5.74, 6) is 0. The van der Waals surface area contributed by atoms with Crippen LogP contribution in [0.25, 0.3) is 21.7 Å². The molecule has 3 aromatic rings. The molecule has 0 N–H and O–H groups in total. The molecule has 3 aromatic heterocycles. The molecule has 2 nitrogen and oxygen atoms in total. The Bertz CT molecular complexity index is 571. The van der Waals surface area contributed by atoms with Crippen molar-refractivity contribution in [2.45, 2.75) is 0 Å². The van der Waals surface area contributed by atoms with E-state index in [4.69, 9.17) is 0 Å². The molecule has 0 aliphatic heterocycles. The van der Waals surface area contributed by atoms with Crippen LogP contribution in [0.4, 0.5) is 0 Å². The fraction of sp³-hybridized carbons (Fsp3) is 0. The van der Waals surface area contributed by atoms with Crippen LogP contribution in [-0.2, 0) is 0 Å². The number of thiophene rings is 1. The summed E-state index contributed by atoms with van der Waals surface area (Å²) >= 11 is 1.68. The van der Waals surface area contributed by atoms with Crippen molar-refractivity contribution in [2.24, 2.45) is 0 Å². The van der Waals surface area contributed by atoms with E-state index in [1.165, 1.54) is 10.8 Å². The topological polar surface area (TPSA) is 25.8 Å². The summed E-state index contributed by atoms with van der Waals surface area (Å²) in [6, 6.07) is 1.99. The second-order valence-electron chi connectivity index (χ2n) is 2.89. The lowest BCUT2D eigenvalue weighted by Crippen LogP contribution is -1.78. The highest BCUT2D eigenvalue weighted by atomic mass is 32.1. The Morgan fingerprint density at radius 3 is 3.08 bits per heavy atom. The number of rotatable bonds is 0. The number of fused-ring (bicyclic) bond motifs is 3. The van der Waals surface area contributed by atoms with Gasteiger partial charge >= 0.3 is 0 Å². The first kappa shape index (κ1) is 6.97. The fourth-order valence-electron chi connectivity index (χ4n) is 1.47. The molecule has 0 bridgehead atoms. The van der Waals surface area contributed by atoms with E-state index < -0.39 is 0 Å². The molecule has 0 saturated carbocycles. The van der Waals surface area contributed by atoms with E-state index >= 15 is 0 Å². The van der Waals surface area contributed by atoms with E-state index in [0.29, 0.717) is 0 Å². The standard InChI is InChI=1S/C10H6N2S/c1-2-11-4-8-7(1)3-12-10-6-13-5-9(8)10/h1-6H. The van der Waals surface area contributed by atoms with E-state index in [1.54, 1.807) is 17.5 Å². The molecule has 0 amide bonds. The average Bonchev–Trinajstić information content (AvgIpc) is 2.65. The lowest BCUT2D eigenvalue weighted by Gasteiger charge is -1.96. The molecule has 0 radical (unpaired) electrons. The Labute approximate surface area is 78.9 Å². The zero-order valence-electron chi connectivity index (χ0n) is 6.77. The van der Waals surface area contributed by atoms with Crippen molar-refractivity contribution in [1.82, 2.24) is 9.97 Å². The van der Waals surface area contributed by atoms with Crippen LogP contribution in [0.3, 0.4) is 0 Å². The van der Waals surface area contributed by atoms with Gasteiger partial charge in [-0.3, -0.25) is 9.97 Å². The highest BCUT2D eigenvalue weighted by Gasteiger charge is 2.00. The first-order valence-electron chi connectivity index (χ1n) is 4.00. The molecule has 0 fully saturated rings. The average molecular weight is 186 g/mol. The van der Waals surface area contributed by atoms with E-state index in [-0.39, 0.29) is 0 Å². The van der Waals surface area contributed by atoms with Gasteiger partial charge in [0.05, 0.1) is 5.52 Å². The molecule has 0 aliphatic carbocycles. The first-order valence-corrected chi connectivity index (χ1v) is 4.94. The van der Waals surface area contributed by atoms with Crippen molar-refractivity contribution < 1.29 is 0 Å². The summed E-state index contributed by atoms with van der Waals surface area (Å²) in [7, 11) is 0. The molecule has 0 saturated heterocycles. The van der Waals surface area contributed by atoms with Crippen molar-refractivity contribution in [2.75, 3.05) is 0 Å². The van der Waals surface area contributed by atoms with Crippen molar-refractivity contribution in [3.8, 4) is 0 Å². The van der Waals surface area contributed by atoms with Crippen LogP contribution in [0.2, 0.25) is 0 Å². The fourth-order valence-corrected chi connectivity index (χ4v) is 2.24. The van der Waals surface area contributed by atoms with Crippen LogP contribution in [0, 0.1) is 0 Å². The molecule has 62 valence electrons. The van der Waals surface area contributed by atoms with E-state index in [9.17, 15) is 0 Å². The summed E-state index contributed by atoms with van der Waals surface area (Å²) < 4.78 is 0. The normalized spacial score (nSPS) is 11.1. The van der Waals surface area contributed by atoms with E-state index in [0.717, 1.165) is 10.9 Å². The lowest BCUT2D eigenvalue weighted by molar-refractivity contribution is 1.36. The number of pyridine rings is 2. The number of hydrogen-bond donors (Lipinski definition) is 0. The number of hydrogen-bond acceptors (Lipinski definition) is 3. The van der Waals surface area contributed by atoms with Gasteiger partial charge in [-0.15, -0.1) is 11.3 Å². The zero-order chi connectivity index (χ0) is 8.67. The van der Waals surface area contributed by atoms with Crippen LogP contribution in [-0.4, -0.2) is 9.97 Å². The minimum atomic E-state index is 1.06. The Balaban J connectivity index is 2.65. The second-order valence-corrected chi connectivity index (χ2v) is 3.64. The Morgan fingerprint density at radius 2 is 2.08 bits per heavy atom. The minimum absolute atomic E-state index is 1.06. The van der Waals surface area contributed by atoms with Gasteiger partial charge in [0.2, 0.25) is 0 Å². The molecule has 3 heterocycles. The van der Waals surface area contributed by atoms with Gasteiger partial charge in [-0.25, -0.2) is 0 Å². The van der Waals surface area contributed by atoms with Crippen LogP contribution in [0.1, 0.15) is 0 Å². The third kappa shape index (κ3) is 0.939. The molecule has 0 aromatic carbocycles. The van der Waals surface area contributed by atoms with Crippen molar-refractivity contribution in [1.29, 1.82) is 0 Å². The molecule has 0 spiro atoms. The van der Waals surface area contributed by atoms with Gasteiger partial charge in [0, 0.05) is 45.5 Å². The molecule has 0 aliphatic rings. The van der Waals surface area contributed by atoms with Crippen LogP contribution in [0.15, 0.2) is 35.4 Å². The Kier molecular flexibility index (Phi) is 1.34. The molecular formula is C10H6N2S. The molecule has 0 atom stereocenters. The maximum atomic E-state index is 4.35. The quantitative estimate of drug-likeness (QED) is 0.539. The van der Waals surface area contributed by atoms with Gasteiger partial charge < -0.3 is 0 Å².